The number of benzene rings is 1. The monoisotopic (exact) mass is 557 g/mol. The average Bonchev–Trinajstić information content (AvgIpc) is 3.47. The van der Waals surface area contributed by atoms with Gasteiger partial charge in [0.1, 0.15) is 27.6 Å². The Balaban J connectivity index is 1.48. The number of carbonyl (C=O) groups excluding carboxylic acids is 2. The molecule has 12 heteroatoms. The second-order valence-electron chi connectivity index (χ2n) is 9.69. The predicted octanol–water partition coefficient (Wildman–Crippen LogP) is 4.06. The molecule has 0 bridgehead atoms. The highest BCUT2D eigenvalue weighted by atomic mass is 32.2. The van der Waals surface area contributed by atoms with Gasteiger partial charge in [-0.3, -0.25) is 9.20 Å². The summed E-state index contributed by atoms with van der Waals surface area (Å²) in [7, 11) is 0. The first-order valence-electron chi connectivity index (χ1n) is 12.0. The molecule has 0 aliphatic carbocycles. The summed E-state index contributed by atoms with van der Waals surface area (Å²) in [5.41, 5.74) is 0.368. The lowest BCUT2D eigenvalue weighted by Crippen LogP contribution is -2.66. The molecule has 1 fully saturated rings. The standard InChI is InChI=1S/C26H27N3O7S2/c1-13-6-5-7-15(10-13)36-25(34)35-9-8-26(3)18(16-11-28-12-27-21(37-4)23(28)38-16)19(24(32)33)29-20(26)17(14(2)30)22(29)31/h5-7,10-12,14,17,20,30H,8-9H2,1-4H3,(H,32,33)/t14-,17-,20-,26?/m1/s1. The van der Waals surface area contributed by atoms with Crippen LogP contribution in [0.15, 0.2) is 47.5 Å². The highest BCUT2D eigenvalue weighted by molar-refractivity contribution is 7.98. The Morgan fingerprint density at radius 3 is 2.76 bits per heavy atom. The van der Waals surface area contributed by atoms with Crippen molar-refractivity contribution in [3.8, 4) is 5.75 Å². The molecule has 1 unspecified atom stereocenters. The van der Waals surface area contributed by atoms with Gasteiger partial charge < -0.3 is 24.6 Å². The van der Waals surface area contributed by atoms with Crippen LogP contribution in [0.1, 0.15) is 30.7 Å². The van der Waals surface area contributed by atoms with Crippen LogP contribution in [0.3, 0.4) is 0 Å². The van der Waals surface area contributed by atoms with Crippen LogP contribution >= 0.6 is 23.1 Å². The van der Waals surface area contributed by atoms with Gasteiger partial charge in [-0.1, -0.05) is 19.1 Å². The third kappa shape index (κ3) is 4.16. The number of amides is 1. The molecule has 2 N–H and O–H groups in total. The minimum Gasteiger partial charge on any atom is -0.477 e. The normalized spacial score (nSPS) is 23.4. The second-order valence-corrected chi connectivity index (χ2v) is 11.5. The number of thioether (sulfide) groups is 1. The first kappa shape index (κ1) is 26.3. The van der Waals surface area contributed by atoms with Crippen LogP contribution in [0.25, 0.3) is 10.4 Å². The number of hydrogen-bond acceptors (Lipinski definition) is 9. The number of fused-ring (bicyclic) bond motifs is 2. The Morgan fingerprint density at radius 2 is 2.11 bits per heavy atom. The van der Waals surface area contributed by atoms with Gasteiger partial charge in [-0.05, 0) is 44.2 Å². The molecule has 2 aromatic heterocycles. The van der Waals surface area contributed by atoms with Gasteiger partial charge in [-0.25, -0.2) is 14.6 Å². The Hall–Kier alpha value is -3.35. The Kier molecular flexibility index (Phi) is 6.74. The van der Waals surface area contributed by atoms with Gasteiger partial charge >= 0.3 is 12.1 Å². The maximum Gasteiger partial charge on any atom is 0.513 e. The molecule has 1 aromatic carbocycles. The Morgan fingerprint density at radius 1 is 1.34 bits per heavy atom. The molecule has 1 amide bonds. The maximum atomic E-state index is 13.0. The molecule has 38 heavy (non-hydrogen) atoms. The molecule has 0 spiro atoms. The number of aliphatic carboxylic acids is 1. The van der Waals surface area contributed by atoms with Gasteiger partial charge in [0.25, 0.3) is 0 Å². The predicted molar refractivity (Wildman–Crippen MR) is 141 cm³/mol. The van der Waals surface area contributed by atoms with Crippen LogP contribution in [-0.2, 0) is 14.3 Å². The first-order chi connectivity index (χ1) is 18.1. The summed E-state index contributed by atoms with van der Waals surface area (Å²) < 4.78 is 12.5. The number of aromatic nitrogens is 2. The molecule has 0 radical (unpaired) electrons. The zero-order chi connectivity index (χ0) is 27.4. The van der Waals surface area contributed by atoms with Gasteiger partial charge in [-0.15, -0.1) is 23.1 Å². The number of aryl methyl sites for hydroxylation is 1. The molecule has 1 saturated heterocycles. The summed E-state index contributed by atoms with van der Waals surface area (Å²) in [6, 6.07) is 6.39. The zero-order valence-corrected chi connectivity index (χ0v) is 22.8. The highest BCUT2D eigenvalue weighted by Gasteiger charge is 2.66. The highest BCUT2D eigenvalue weighted by Crippen LogP contribution is 2.60. The number of β-lactam (4-membered cyclic amide) rings is 1. The van der Waals surface area contributed by atoms with E-state index in [9.17, 15) is 24.6 Å². The van der Waals surface area contributed by atoms with E-state index in [0.717, 1.165) is 15.4 Å². The molecule has 3 aromatic rings. The smallest absolute Gasteiger partial charge is 0.477 e. The molecular formula is C26H27N3O7S2. The van der Waals surface area contributed by atoms with E-state index in [-0.39, 0.29) is 18.7 Å². The molecule has 0 saturated carbocycles. The number of nitrogens with zero attached hydrogens (tertiary/aromatic N) is 3. The van der Waals surface area contributed by atoms with E-state index in [2.05, 4.69) is 4.98 Å². The SMILES string of the molecule is CSc1ncn2cc(C3=C(C(=O)O)N4C(=O)[C@H]([C@@H](C)O)[C@@H]4C3(C)CCOC(=O)Oc3cccc(C)c3)sc12. The van der Waals surface area contributed by atoms with Crippen LogP contribution in [0.5, 0.6) is 5.75 Å². The number of aliphatic hydroxyl groups excluding tert-OH is 1. The number of thiazole rings is 1. The number of hydrogen-bond donors (Lipinski definition) is 2. The second kappa shape index (κ2) is 9.75. The lowest BCUT2D eigenvalue weighted by Gasteiger charge is -2.50. The lowest BCUT2D eigenvalue weighted by molar-refractivity contribution is -0.167. The largest absolute Gasteiger partial charge is 0.513 e. The third-order valence-corrected chi connectivity index (χ3v) is 9.16. The van der Waals surface area contributed by atoms with E-state index in [1.54, 1.807) is 24.5 Å². The van der Waals surface area contributed by atoms with E-state index in [0.29, 0.717) is 16.2 Å². The summed E-state index contributed by atoms with van der Waals surface area (Å²) in [5, 5.41) is 21.5. The van der Waals surface area contributed by atoms with Crippen LogP contribution in [0, 0.1) is 18.3 Å². The number of ether oxygens (including phenoxy) is 2. The van der Waals surface area contributed by atoms with Crippen molar-refractivity contribution < 1.29 is 34.1 Å². The van der Waals surface area contributed by atoms with E-state index < -0.39 is 41.5 Å². The molecule has 2 aliphatic heterocycles. The lowest BCUT2D eigenvalue weighted by atomic mass is 9.66. The number of imidazole rings is 1. The minimum atomic E-state index is -1.23. The Bertz CT molecular complexity index is 1480. The fourth-order valence-electron chi connectivity index (χ4n) is 5.52. The van der Waals surface area contributed by atoms with Gasteiger partial charge in [0, 0.05) is 17.2 Å². The van der Waals surface area contributed by atoms with Crippen LogP contribution in [0.4, 0.5) is 4.79 Å². The van der Waals surface area contributed by atoms with Crippen molar-refractivity contribution in [2.24, 2.45) is 11.3 Å². The van der Waals surface area contributed by atoms with E-state index >= 15 is 0 Å². The average molecular weight is 558 g/mol. The molecule has 2 aliphatic rings. The van der Waals surface area contributed by atoms with E-state index in [1.807, 2.05) is 36.8 Å². The quantitative estimate of drug-likeness (QED) is 0.182. The van der Waals surface area contributed by atoms with Gasteiger partial charge in [-0.2, -0.15) is 0 Å². The van der Waals surface area contributed by atoms with E-state index in [4.69, 9.17) is 9.47 Å². The molecule has 5 rings (SSSR count). The van der Waals surface area contributed by atoms with Gasteiger partial charge in [0.15, 0.2) is 0 Å². The summed E-state index contributed by atoms with van der Waals surface area (Å²) in [6.45, 7) is 5.18. The summed E-state index contributed by atoms with van der Waals surface area (Å²) in [5.74, 6) is -2.08. The summed E-state index contributed by atoms with van der Waals surface area (Å²) in [6.07, 6.45) is 3.74. The van der Waals surface area contributed by atoms with Crippen molar-refractivity contribution in [2.45, 2.75) is 44.4 Å². The number of rotatable bonds is 8. The van der Waals surface area contributed by atoms with Crippen molar-refractivity contribution in [1.82, 2.24) is 14.3 Å². The number of aliphatic hydroxyl groups is 1. The third-order valence-electron chi connectivity index (χ3n) is 7.22. The number of carbonyl (C=O) groups is 3. The van der Waals surface area contributed by atoms with Crippen LogP contribution in [-0.4, -0.2) is 67.5 Å². The van der Waals surface area contributed by atoms with Gasteiger partial charge in [0.2, 0.25) is 5.91 Å². The molecule has 4 heterocycles. The number of carboxylic acids is 1. The Labute approximate surface area is 226 Å². The molecule has 200 valence electrons. The fourth-order valence-corrected chi connectivity index (χ4v) is 7.48. The molecular weight excluding hydrogens is 530 g/mol. The molecule has 4 atom stereocenters. The zero-order valence-electron chi connectivity index (χ0n) is 21.2. The minimum absolute atomic E-state index is 0.0789. The van der Waals surface area contributed by atoms with Crippen molar-refractivity contribution in [1.29, 1.82) is 0 Å². The van der Waals surface area contributed by atoms with Crippen LogP contribution in [0.2, 0.25) is 0 Å². The summed E-state index contributed by atoms with van der Waals surface area (Å²) >= 11 is 2.87. The van der Waals surface area contributed by atoms with Gasteiger partial charge in [0.05, 0.1) is 29.5 Å². The fraction of sp³-hybridized carbons (Fsp3) is 0.385. The van der Waals surface area contributed by atoms with E-state index in [1.165, 1.54) is 34.9 Å². The first-order valence-corrected chi connectivity index (χ1v) is 14.0. The van der Waals surface area contributed by atoms with Crippen molar-refractivity contribution in [2.75, 3.05) is 12.9 Å². The summed E-state index contributed by atoms with van der Waals surface area (Å²) in [4.78, 5) is 45.2. The maximum absolute atomic E-state index is 13.0. The van der Waals surface area contributed by atoms with Crippen molar-refractivity contribution >= 4 is 51.5 Å². The topological polar surface area (TPSA) is 131 Å². The number of carboxylic acid groups (broad SMARTS) is 1. The van der Waals surface area contributed by atoms with Crippen molar-refractivity contribution in [3.05, 3.63) is 52.9 Å². The molecule has 10 nitrogen and oxygen atoms in total. The van der Waals surface area contributed by atoms with Crippen molar-refractivity contribution in [3.63, 3.8) is 0 Å². The van der Waals surface area contributed by atoms with Crippen LogP contribution < -0.4 is 4.74 Å².